The Labute approximate surface area is 210 Å². The van der Waals surface area contributed by atoms with Crippen molar-refractivity contribution in [3.05, 3.63) is 23.8 Å². The van der Waals surface area contributed by atoms with Gasteiger partial charge in [-0.1, -0.05) is 19.4 Å². The number of halogens is 1. The summed E-state index contributed by atoms with van der Waals surface area (Å²) < 4.78 is 22.1. The standard InChI is InChI=1S/C23H40N4O4.HI/c1-5-6-13-30-14-7-10-25-23(24-2)26-18-20(27-11-15-31-16-12-27)19-8-9-21(28-3)22(17-19)29-4;/h8-9,17,20H,5-7,10-16,18H2,1-4H3,(H2,24,25,26);1H. The van der Waals surface area contributed by atoms with Gasteiger partial charge in [0, 0.05) is 46.4 Å². The number of rotatable bonds is 13. The number of nitrogens with one attached hydrogen (secondary N) is 2. The molecule has 1 unspecified atom stereocenters. The SMILES string of the molecule is CCCCOCCCNC(=NC)NCC(c1ccc(OC)c(OC)c1)N1CCOCC1.I. The lowest BCUT2D eigenvalue weighted by atomic mass is 10.0. The first kappa shape index (κ1) is 28.7. The van der Waals surface area contributed by atoms with Crippen LogP contribution in [0.1, 0.15) is 37.8 Å². The van der Waals surface area contributed by atoms with E-state index in [0.29, 0.717) is 0 Å². The Morgan fingerprint density at radius 2 is 1.81 bits per heavy atom. The van der Waals surface area contributed by atoms with Crippen molar-refractivity contribution in [1.82, 2.24) is 15.5 Å². The van der Waals surface area contributed by atoms with Crippen molar-refractivity contribution >= 4 is 29.9 Å². The van der Waals surface area contributed by atoms with Crippen LogP contribution in [0.3, 0.4) is 0 Å². The lowest BCUT2D eigenvalue weighted by Gasteiger charge is -2.35. The molecule has 1 fully saturated rings. The molecule has 0 saturated carbocycles. The zero-order valence-corrected chi connectivity index (χ0v) is 22.4. The number of aliphatic imine (C=N–C) groups is 1. The van der Waals surface area contributed by atoms with Gasteiger partial charge in [0.15, 0.2) is 17.5 Å². The van der Waals surface area contributed by atoms with E-state index < -0.39 is 0 Å². The molecule has 1 atom stereocenters. The summed E-state index contributed by atoms with van der Waals surface area (Å²) in [6, 6.07) is 6.30. The molecule has 0 bridgehead atoms. The molecule has 8 nitrogen and oxygen atoms in total. The Hall–Kier alpha value is -1.30. The van der Waals surface area contributed by atoms with E-state index in [4.69, 9.17) is 18.9 Å². The number of hydrogen-bond donors (Lipinski definition) is 2. The Kier molecular flexibility index (Phi) is 15.5. The van der Waals surface area contributed by atoms with Crippen LogP contribution in [-0.4, -0.2) is 84.7 Å². The highest BCUT2D eigenvalue weighted by Gasteiger charge is 2.24. The highest BCUT2D eigenvalue weighted by Crippen LogP contribution is 2.32. The van der Waals surface area contributed by atoms with Crippen molar-refractivity contribution in [2.45, 2.75) is 32.2 Å². The highest BCUT2D eigenvalue weighted by atomic mass is 127. The van der Waals surface area contributed by atoms with Gasteiger partial charge in [-0.25, -0.2) is 0 Å². The van der Waals surface area contributed by atoms with Crippen molar-refractivity contribution in [1.29, 1.82) is 0 Å². The molecule has 0 aromatic heterocycles. The molecule has 1 aliphatic heterocycles. The first-order valence-electron chi connectivity index (χ1n) is 11.3. The maximum absolute atomic E-state index is 5.62. The van der Waals surface area contributed by atoms with Crippen LogP contribution in [0.15, 0.2) is 23.2 Å². The van der Waals surface area contributed by atoms with Crippen molar-refractivity contribution < 1.29 is 18.9 Å². The number of unbranched alkanes of at least 4 members (excludes halogenated alkanes) is 1. The van der Waals surface area contributed by atoms with Gasteiger partial charge in [0.05, 0.1) is 33.5 Å². The second-order valence-electron chi connectivity index (χ2n) is 7.48. The van der Waals surface area contributed by atoms with Gasteiger partial charge >= 0.3 is 0 Å². The first-order valence-corrected chi connectivity index (χ1v) is 11.3. The van der Waals surface area contributed by atoms with E-state index in [0.717, 1.165) is 82.9 Å². The molecule has 0 amide bonds. The number of hydrogen-bond acceptors (Lipinski definition) is 6. The van der Waals surface area contributed by atoms with E-state index in [1.54, 1.807) is 21.3 Å². The van der Waals surface area contributed by atoms with Gasteiger partial charge in [0.1, 0.15) is 0 Å². The molecule has 0 aliphatic carbocycles. The van der Waals surface area contributed by atoms with Gasteiger partial charge in [-0.2, -0.15) is 0 Å². The number of ether oxygens (including phenoxy) is 4. The largest absolute Gasteiger partial charge is 0.493 e. The minimum absolute atomic E-state index is 0. The Morgan fingerprint density at radius 1 is 1.09 bits per heavy atom. The second-order valence-corrected chi connectivity index (χ2v) is 7.48. The third-order valence-corrected chi connectivity index (χ3v) is 5.37. The number of morpholine rings is 1. The molecule has 0 spiro atoms. The monoisotopic (exact) mass is 564 g/mol. The molecular formula is C23H41IN4O4. The average Bonchev–Trinajstić information content (AvgIpc) is 2.82. The average molecular weight is 565 g/mol. The smallest absolute Gasteiger partial charge is 0.191 e. The molecule has 32 heavy (non-hydrogen) atoms. The molecule has 9 heteroatoms. The van der Waals surface area contributed by atoms with Gasteiger partial charge in [-0.05, 0) is 30.5 Å². The van der Waals surface area contributed by atoms with Crippen LogP contribution in [-0.2, 0) is 9.47 Å². The summed E-state index contributed by atoms with van der Waals surface area (Å²) in [5.41, 5.74) is 1.17. The van der Waals surface area contributed by atoms with Crippen molar-refractivity contribution in [3.8, 4) is 11.5 Å². The number of nitrogens with zero attached hydrogens (tertiary/aromatic N) is 2. The normalized spacial score (nSPS) is 15.6. The summed E-state index contributed by atoms with van der Waals surface area (Å²) in [6.07, 6.45) is 3.24. The van der Waals surface area contributed by atoms with Crippen LogP contribution in [0.2, 0.25) is 0 Å². The van der Waals surface area contributed by atoms with Crippen molar-refractivity contribution in [3.63, 3.8) is 0 Å². The molecular weight excluding hydrogens is 523 g/mol. The summed E-state index contributed by atoms with van der Waals surface area (Å²) in [4.78, 5) is 6.81. The van der Waals surface area contributed by atoms with Crippen LogP contribution in [0.5, 0.6) is 11.5 Å². The van der Waals surface area contributed by atoms with Crippen LogP contribution in [0, 0.1) is 0 Å². The predicted molar refractivity (Wildman–Crippen MR) is 140 cm³/mol. The van der Waals surface area contributed by atoms with Gasteiger partial charge < -0.3 is 29.6 Å². The van der Waals surface area contributed by atoms with Crippen molar-refractivity contribution in [2.24, 2.45) is 4.99 Å². The fourth-order valence-electron chi connectivity index (χ4n) is 3.55. The molecule has 1 aromatic rings. The minimum atomic E-state index is 0. The van der Waals surface area contributed by atoms with Crippen molar-refractivity contribution in [2.75, 3.05) is 73.9 Å². The molecule has 0 radical (unpaired) electrons. The maximum atomic E-state index is 5.62. The number of guanidine groups is 1. The van der Waals surface area contributed by atoms with Gasteiger partial charge in [0.25, 0.3) is 0 Å². The van der Waals surface area contributed by atoms with Gasteiger partial charge in [-0.3, -0.25) is 9.89 Å². The molecule has 1 saturated heterocycles. The third kappa shape index (κ3) is 9.68. The molecule has 1 aliphatic rings. The fourth-order valence-corrected chi connectivity index (χ4v) is 3.55. The zero-order valence-electron chi connectivity index (χ0n) is 20.0. The quantitative estimate of drug-likeness (QED) is 0.165. The number of methoxy groups -OCH3 is 2. The summed E-state index contributed by atoms with van der Waals surface area (Å²) in [6.45, 7) is 8.61. The summed E-state index contributed by atoms with van der Waals surface area (Å²) in [5.74, 6) is 2.27. The summed E-state index contributed by atoms with van der Waals surface area (Å²) in [5, 5.41) is 6.87. The summed E-state index contributed by atoms with van der Waals surface area (Å²) in [7, 11) is 5.12. The van der Waals surface area contributed by atoms with Crippen LogP contribution in [0.4, 0.5) is 0 Å². The van der Waals surface area contributed by atoms with Crippen LogP contribution >= 0.6 is 24.0 Å². The minimum Gasteiger partial charge on any atom is -0.493 e. The second kappa shape index (κ2) is 17.2. The van der Waals surface area contributed by atoms with Gasteiger partial charge in [0.2, 0.25) is 0 Å². The topological polar surface area (TPSA) is 76.6 Å². The predicted octanol–water partition coefficient (Wildman–Crippen LogP) is 3.07. The Morgan fingerprint density at radius 3 is 2.47 bits per heavy atom. The van der Waals surface area contributed by atoms with E-state index >= 15 is 0 Å². The van der Waals surface area contributed by atoms with E-state index in [1.165, 1.54) is 12.0 Å². The lowest BCUT2D eigenvalue weighted by molar-refractivity contribution is 0.0169. The number of benzene rings is 1. The molecule has 1 aromatic carbocycles. The van der Waals surface area contributed by atoms with Crippen LogP contribution in [0.25, 0.3) is 0 Å². The molecule has 2 rings (SSSR count). The maximum Gasteiger partial charge on any atom is 0.191 e. The Bertz CT molecular complexity index is 657. The lowest BCUT2D eigenvalue weighted by Crippen LogP contribution is -2.46. The van der Waals surface area contributed by atoms with E-state index in [1.807, 2.05) is 6.07 Å². The van der Waals surface area contributed by atoms with Crippen LogP contribution < -0.4 is 20.1 Å². The van der Waals surface area contributed by atoms with Gasteiger partial charge in [-0.15, -0.1) is 24.0 Å². The zero-order chi connectivity index (χ0) is 22.3. The fraction of sp³-hybridized carbons (Fsp3) is 0.696. The third-order valence-electron chi connectivity index (χ3n) is 5.37. The molecule has 2 N–H and O–H groups in total. The summed E-state index contributed by atoms with van der Waals surface area (Å²) >= 11 is 0. The molecule has 1 heterocycles. The van der Waals surface area contributed by atoms with E-state index in [2.05, 4.69) is 39.6 Å². The van der Waals surface area contributed by atoms with E-state index in [9.17, 15) is 0 Å². The highest BCUT2D eigenvalue weighted by molar-refractivity contribution is 14.0. The van der Waals surface area contributed by atoms with E-state index in [-0.39, 0.29) is 30.0 Å². The first-order chi connectivity index (χ1) is 15.2. The molecule has 184 valence electrons. The Balaban J connectivity index is 0.00000512.